The van der Waals surface area contributed by atoms with E-state index in [4.69, 9.17) is 9.47 Å². The summed E-state index contributed by atoms with van der Waals surface area (Å²) in [5, 5.41) is 7.77. The maximum absolute atomic E-state index is 12.4. The minimum atomic E-state index is -0.321. The highest BCUT2D eigenvalue weighted by Crippen LogP contribution is 2.34. The number of rotatable bonds is 6. The van der Waals surface area contributed by atoms with Crippen molar-refractivity contribution >= 4 is 0 Å². The van der Waals surface area contributed by atoms with Crippen LogP contribution in [0.15, 0.2) is 53.3 Å². The summed E-state index contributed by atoms with van der Waals surface area (Å²) in [6, 6.07) is 15.4. The van der Waals surface area contributed by atoms with Crippen LogP contribution in [0.4, 0.5) is 0 Å². The van der Waals surface area contributed by atoms with Gasteiger partial charge in [-0.2, -0.15) is 9.36 Å². The fraction of sp³-hybridized carbons (Fsp3) is 0.250. The van der Waals surface area contributed by atoms with Crippen LogP contribution in [0.1, 0.15) is 22.3 Å². The molecule has 0 radical (unpaired) electrons. The van der Waals surface area contributed by atoms with Gasteiger partial charge in [-0.1, -0.05) is 24.3 Å². The molecule has 0 spiro atoms. The molecule has 0 amide bonds. The number of hydrogen-bond donors (Lipinski definition) is 0. The average molecular weight is 431 g/mol. The van der Waals surface area contributed by atoms with E-state index < -0.39 is 0 Å². The van der Waals surface area contributed by atoms with Crippen molar-refractivity contribution in [2.24, 2.45) is 7.05 Å². The molecule has 0 aliphatic carbocycles. The third-order valence-corrected chi connectivity index (χ3v) is 5.58. The molecule has 0 aliphatic rings. The minimum Gasteiger partial charge on any atom is -0.496 e. The SMILES string of the molecule is COc1c(-c2cccc(OCc3c(C)cccc3-n3nnn(C)c3=O)n2)ccc(C)c1C. The second-order valence-electron chi connectivity index (χ2n) is 7.61. The van der Waals surface area contributed by atoms with Crippen molar-refractivity contribution in [1.29, 1.82) is 0 Å². The van der Waals surface area contributed by atoms with Crippen LogP contribution >= 0.6 is 0 Å². The van der Waals surface area contributed by atoms with E-state index in [1.54, 1.807) is 14.2 Å². The van der Waals surface area contributed by atoms with E-state index in [1.807, 2.05) is 56.3 Å². The second kappa shape index (κ2) is 8.66. The number of benzene rings is 2. The summed E-state index contributed by atoms with van der Waals surface area (Å²) in [7, 11) is 3.23. The summed E-state index contributed by atoms with van der Waals surface area (Å²) in [4.78, 5) is 17.0. The van der Waals surface area contributed by atoms with Crippen LogP contribution < -0.4 is 15.2 Å². The van der Waals surface area contributed by atoms with Crippen LogP contribution in [0.2, 0.25) is 0 Å². The molecule has 0 bridgehead atoms. The third kappa shape index (κ3) is 3.87. The smallest absolute Gasteiger partial charge is 0.368 e. The lowest BCUT2D eigenvalue weighted by Crippen LogP contribution is -2.23. The molecule has 0 saturated heterocycles. The van der Waals surface area contributed by atoms with Gasteiger partial charge < -0.3 is 9.47 Å². The molecule has 0 unspecified atom stereocenters. The van der Waals surface area contributed by atoms with E-state index in [-0.39, 0.29) is 12.3 Å². The Labute approximate surface area is 186 Å². The summed E-state index contributed by atoms with van der Waals surface area (Å²) < 4.78 is 14.2. The molecule has 2 aromatic heterocycles. The average Bonchev–Trinajstić information content (AvgIpc) is 3.13. The Balaban J connectivity index is 1.66. The zero-order valence-electron chi connectivity index (χ0n) is 18.8. The summed E-state index contributed by atoms with van der Waals surface area (Å²) in [6.45, 7) is 6.28. The Morgan fingerprint density at radius 1 is 0.938 bits per heavy atom. The van der Waals surface area contributed by atoms with Crippen molar-refractivity contribution in [3.63, 3.8) is 0 Å². The molecule has 8 nitrogen and oxygen atoms in total. The molecule has 0 N–H and O–H groups in total. The van der Waals surface area contributed by atoms with Crippen molar-refractivity contribution in [3.8, 4) is 28.6 Å². The quantitative estimate of drug-likeness (QED) is 0.464. The lowest BCUT2D eigenvalue weighted by Gasteiger charge is -2.15. The molecule has 32 heavy (non-hydrogen) atoms. The molecule has 2 aromatic carbocycles. The van der Waals surface area contributed by atoms with E-state index in [0.29, 0.717) is 11.6 Å². The number of nitrogens with zero attached hydrogens (tertiary/aromatic N) is 5. The number of pyridine rings is 1. The standard InChI is InChI=1S/C24H25N5O3/c1-15-12-13-18(23(31-5)17(15)3)20-9-7-11-22(25-20)32-14-19-16(2)8-6-10-21(19)29-24(30)28(4)26-27-29/h6-13H,14H2,1-5H3. The fourth-order valence-corrected chi connectivity index (χ4v) is 3.58. The number of tetrazole rings is 1. The van der Waals surface area contributed by atoms with Crippen LogP contribution in [-0.4, -0.2) is 31.9 Å². The molecule has 2 heterocycles. The van der Waals surface area contributed by atoms with Crippen molar-refractivity contribution in [2.75, 3.05) is 7.11 Å². The molecular formula is C24H25N5O3. The van der Waals surface area contributed by atoms with Gasteiger partial charge in [0, 0.05) is 24.2 Å². The minimum absolute atomic E-state index is 0.228. The first-order chi connectivity index (χ1) is 15.4. The maximum atomic E-state index is 12.4. The van der Waals surface area contributed by atoms with Crippen LogP contribution in [0.5, 0.6) is 11.6 Å². The van der Waals surface area contributed by atoms with Crippen molar-refractivity contribution < 1.29 is 9.47 Å². The monoisotopic (exact) mass is 431 g/mol. The molecule has 4 rings (SSSR count). The van der Waals surface area contributed by atoms with E-state index in [0.717, 1.165) is 39.3 Å². The van der Waals surface area contributed by atoms with Gasteiger partial charge in [0.1, 0.15) is 12.4 Å². The van der Waals surface area contributed by atoms with Crippen molar-refractivity contribution in [1.82, 2.24) is 24.8 Å². The van der Waals surface area contributed by atoms with Crippen LogP contribution in [0.3, 0.4) is 0 Å². The van der Waals surface area contributed by atoms with E-state index in [1.165, 1.54) is 9.36 Å². The topological polar surface area (TPSA) is 84.1 Å². The lowest BCUT2D eigenvalue weighted by molar-refractivity contribution is 0.293. The molecule has 164 valence electrons. The summed E-state index contributed by atoms with van der Waals surface area (Å²) in [5.74, 6) is 1.28. The maximum Gasteiger partial charge on any atom is 0.368 e. The van der Waals surface area contributed by atoms with E-state index in [9.17, 15) is 4.79 Å². The van der Waals surface area contributed by atoms with Gasteiger partial charge >= 0.3 is 5.69 Å². The number of methoxy groups -OCH3 is 1. The normalized spacial score (nSPS) is 10.9. The van der Waals surface area contributed by atoms with Crippen molar-refractivity contribution in [3.05, 3.63) is 81.3 Å². The molecule has 0 aliphatic heterocycles. The zero-order chi connectivity index (χ0) is 22.8. The second-order valence-corrected chi connectivity index (χ2v) is 7.61. The Morgan fingerprint density at radius 2 is 1.72 bits per heavy atom. The fourth-order valence-electron chi connectivity index (χ4n) is 3.58. The van der Waals surface area contributed by atoms with Gasteiger partial charge in [0.25, 0.3) is 0 Å². The molecule has 0 saturated carbocycles. The number of ether oxygens (including phenoxy) is 2. The lowest BCUT2D eigenvalue weighted by atomic mass is 10.0. The number of hydrogen-bond acceptors (Lipinski definition) is 6. The highest BCUT2D eigenvalue weighted by atomic mass is 16.5. The first-order valence-electron chi connectivity index (χ1n) is 10.2. The van der Waals surface area contributed by atoms with Gasteiger partial charge in [-0.05, 0) is 66.1 Å². The summed E-state index contributed by atoms with van der Waals surface area (Å²) in [5.41, 5.74) is 6.04. The zero-order valence-corrected chi connectivity index (χ0v) is 18.8. The predicted molar refractivity (Wildman–Crippen MR) is 121 cm³/mol. The number of aryl methyl sites for hydroxylation is 3. The number of aromatic nitrogens is 5. The van der Waals surface area contributed by atoms with Gasteiger partial charge in [0.05, 0.1) is 18.5 Å². The van der Waals surface area contributed by atoms with Crippen LogP contribution in [0.25, 0.3) is 16.9 Å². The molecule has 0 atom stereocenters. The van der Waals surface area contributed by atoms with Gasteiger partial charge in [-0.3, -0.25) is 0 Å². The van der Waals surface area contributed by atoms with Crippen LogP contribution in [-0.2, 0) is 13.7 Å². The van der Waals surface area contributed by atoms with Gasteiger partial charge in [-0.25, -0.2) is 9.78 Å². The Bertz CT molecular complexity index is 1340. The summed E-state index contributed by atoms with van der Waals surface area (Å²) in [6.07, 6.45) is 0. The predicted octanol–water partition coefficient (Wildman–Crippen LogP) is 3.54. The first kappa shape index (κ1) is 21.3. The Kier molecular flexibility index (Phi) is 5.77. The highest BCUT2D eigenvalue weighted by molar-refractivity contribution is 5.70. The largest absolute Gasteiger partial charge is 0.496 e. The van der Waals surface area contributed by atoms with E-state index in [2.05, 4.69) is 28.4 Å². The van der Waals surface area contributed by atoms with Gasteiger partial charge in [0.2, 0.25) is 5.88 Å². The first-order valence-corrected chi connectivity index (χ1v) is 10.2. The van der Waals surface area contributed by atoms with Crippen molar-refractivity contribution in [2.45, 2.75) is 27.4 Å². The third-order valence-electron chi connectivity index (χ3n) is 5.58. The van der Waals surface area contributed by atoms with E-state index >= 15 is 0 Å². The molecule has 8 heteroatoms. The molecule has 4 aromatic rings. The van der Waals surface area contributed by atoms with Gasteiger partial charge in [0.15, 0.2) is 0 Å². The van der Waals surface area contributed by atoms with Crippen LogP contribution in [0, 0.1) is 20.8 Å². The summed E-state index contributed by atoms with van der Waals surface area (Å²) >= 11 is 0. The molecule has 0 fully saturated rings. The molecular weight excluding hydrogens is 406 g/mol. The Hall–Kier alpha value is -3.94. The highest BCUT2D eigenvalue weighted by Gasteiger charge is 2.15. The Morgan fingerprint density at radius 3 is 2.44 bits per heavy atom. The van der Waals surface area contributed by atoms with Gasteiger partial charge in [-0.15, -0.1) is 0 Å².